The number of aliphatic hydroxyl groups is 1. The van der Waals surface area contributed by atoms with Crippen molar-refractivity contribution < 1.29 is 9.84 Å². The monoisotopic (exact) mass is 283 g/mol. The number of benzene rings is 2. The summed E-state index contributed by atoms with van der Waals surface area (Å²) in [6.07, 6.45) is -0.157. The summed E-state index contributed by atoms with van der Waals surface area (Å²) >= 11 is 0. The molecule has 2 aromatic rings. The third-order valence-electron chi connectivity index (χ3n) is 4.27. The van der Waals surface area contributed by atoms with E-state index in [1.165, 1.54) is 0 Å². The van der Waals surface area contributed by atoms with Crippen LogP contribution < -0.4 is 0 Å². The van der Waals surface area contributed by atoms with Crippen molar-refractivity contribution >= 4 is 0 Å². The Morgan fingerprint density at radius 1 is 1.05 bits per heavy atom. The fourth-order valence-electron chi connectivity index (χ4n) is 2.91. The first-order chi connectivity index (χ1) is 10.1. The lowest BCUT2D eigenvalue weighted by atomic mass is 9.96. The largest absolute Gasteiger partial charge is 0.361 e. The molecule has 1 unspecified atom stereocenters. The Bertz CT molecular complexity index is 587. The minimum atomic E-state index is -1.27. The van der Waals surface area contributed by atoms with Crippen LogP contribution in [0.25, 0.3) is 0 Å². The van der Waals surface area contributed by atoms with Gasteiger partial charge in [-0.3, -0.25) is 4.90 Å². The molecule has 0 aromatic heterocycles. The van der Waals surface area contributed by atoms with Crippen LogP contribution in [0.4, 0.5) is 0 Å². The summed E-state index contributed by atoms with van der Waals surface area (Å²) in [7, 11) is 2.02. The van der Waals surface area contributed by atoms with Crippen molar-refractivity contribution in [2.45, 2.75) is 24.9 Å². The molecule has 3 nitrogen and oxygen atoms in total. The van der Waals surface area contributed by atoms with E-state index in [9.17, 15) is 5.11 Å². The van der Waals surface area contributed by atoms with Gasteiger partial charge >= 0.3 is 0 Å². The van der Waals surface area contributed by atoms with E-state index in [0.717, 1.165) is 11.1 Å². The van der Waals surface area contributed by atoms with Gasteiger partial charge in [0.05, 0.1) is 6.54 Å². The van der Waals surface area contributed by atoms with Crippen LogP contribution in [0, 0.1) is 0 Å². The zero-order chi connectivity index (χ0) is 14.9. The van der Waals surface area contributed by atoms with Gasteiger partial charge in [0.25, 0.3) is 0 Å². The topological polar surface area (TPSA) is 32.7 Å². The predicted molar refractivity (Wildman–Crippen MR) is 82.7 cm³/mol. The number of morpholine rings is 1. The molecule has 0 amide bonds. The van der Waals surface area contributed by atoms with Crippen LogP contribution in [0.3, 0.4) is 0 Å². The Hall–Kier alpha value is -1.68. The summed E-state index contributed by atoms with van der Waals surface area (Å²) < 4.78 is 6.14. The third-order valence-corrected chi connectivity index (χ3v) is 4.27. The number of hydrogen-bond donors (Lipinski definition) is 1. The molecule has 1 fully saturated rings. The number of β-amino-alcohol motifs (C(OH)–C–C–N with tert-alkyl or cyclic N) is 1. The summed E-state index contributed by atoms with van der Waals surface area (Å²) in [4.78, 5) is 2.15. The van der Waals surface area contributed by atoms with Crippen LogP contribution >= 0.6 is 0 Å². The summed E-state index contributed by atoms with van der Waals surface area (Å²) in [5.74, 6) is -1.27. The lowest BCUT2D eigenvalue weighted by Gasteiger charge is -2.46. The van der Waals surface area contributed by atoms with E-state index >= 15 is 0 Å². The molecule has 1 N–H and O–H groups in total. The SMILES string of the molecule is C[C@@H]1[C@@H](c2ccccc2)OC(O)(c2ccccc2)CN1C. The second kappa shape index (κ2) is 5.60. The smallest absolute Gasteiger partial charge is 0.206 e. The van der Waals surface area contributed by atoms with Gasteiger partial charge in [0.15, 0.2) is 0 Å². The van der Waals surface area contributed by atoms with Crippen molar-refractivity contribution in [3.8, 4) is 0 Å². The number of nitrogens with zero attached hydrogens (tertiary/aromatic N) is 1. The number of ether oxygens (including phenoxy) is 1. The molecule has 1 heterocycles. The molecule has 1 saturated heterocycles. The van der Waals surface area contributed by atoms with Crippen LogP contribution in [0.1, 0.15) is 24.2 Å². The van der Waals surface area contributed by atoms with Gasteiger partial charge in [0.1, 0.15) is 6.10 Å². The van der Waals surface area contributed by atoms with Crippen LogP contribution in [-0.2, 0) is 10.5 Å². The molecule has 0 aliphatic carbocycles. The van der Waals surface area contributed by atoms with Crippen LogP contribution in [-0.4, -0.2) is 29.6 Å². The maximum Gasteiger partial charge on any atom is 0.206 e. The highest BCUT2D eigenvalue weighted by molar-refractivity contribution is 5.24. The average Bonchev–Trinajstić information content (AvgIpc) is 2.53. The molecule has 3 rings (SSSR count). The maximum absolute atomic E-state index is 11.0. The first-order valence-corrected chi connectivity index (χ1v) is 7.31. The second-order valence-electron chi connectivity index (χ2n) is 5.76. The molecule has 0 radical (unpaired) electrons. The molecule has 1 aliphatic rings. The molecule has 3 heteroatoms. The van der Waals surface area contributed by atoms with Gasteiger partial charge in [0, 0.05) is 11.6 Å². The molecule has 0 saturated carbocycles. The lowest BCUT2D eigenvalue weighted by molar-refractivity contribution is -0.289. The predicted octanol–water partition coefficient (Wildman–Crippen LogP) is 2.92. The highest BCUT2D eigenvalue weighted by Crippen LogP contribution is 2.38. The Kier molecular flexibility index (Phi) is 3.81. The average molecular weight is 283 g/mol. The summed E-state index contributed by atoms with van der Waals surface area (Å²) in [6, 6.07) is 19.9. The molecule has 1 aliphatic heterocycles. The van der Waals surface area contributed by atoms with Gasteiger partial charge in [0.2, 0.25) is 5.79 Å². The number of rotatable bonds is 2. The maximum atomic E-state index is 11.0. The normalized spacial score (nSPS) is 30.2. The Labute approximate surface area is 125 Å². The van der Waals surface area contributed by atoms with Crippen molar-refractivity contribution in [3.63, 3.8) is 0 Å². The first kappa shape index (κ1) is 14.3. The fourth-order valence-corrected chi connectivity index (χ4v) is 2.91. The van der Waals surface area contributed by atoms with Crippen molar-refractivity contribution in [1.29, 1.82) is 0 Å². The van der Waals surface area contributed by atoms with E-state index in [0.29, 0.717) is 6.54 Å². The standard InChI is InChI=1S/C18H21NO2/c1-14-17(15-9-5-3-6-10-15)21-18(20,13-19(14)2)16-11-7-4-8-12-16/h3-12,14,17,20H,13H2,1-2H3/t14-,17+,18?/m1/s1. The van der Waals surface area contributed by atoms with E-state index in [4.69, 9.17) is 4.74 Å². The van der Waals surface area contributed by atoms with Gasteiger partial charge in [-0.05, 0) is 19.5 Å². The minimum absolute atomic E-state index is 0.157. The second-order valence-corrected chi connectivity index (χ2v) is 5.76. The molecule has 2 aromatic carbocycles. The summed E-state index contributed by atoms with van der Waals surface area (Å²) in [6.45, 7) is 2.59. The third kappa shape index (κ3) is 2.72. The molecule has 110 valence electrons. The van der Waals surface area contributed by atoms with Crippen molar-refractivity contribution in [2.24, 2.45) is 0 Å². The van der Waals surface area contributed by atoms with Gasteiger partial charge < -0.3 is 9.84 Å². The summed E-state index contributed by atoms with van der Waals surface area (Å²) in [5.41, 5.74) is 1.88. The number of hydrogen-bond acceptors (Lipinski definition) is 3. The van der Waals surface area contributed by atoms with Crippen molar-refractivity contribution in [2.75, 3.05) is 13.6 Å². The van der Waals surface area contributed by atoms with E-state index < -0.39 is 5.79 Å². The molecule has 3 atom stereocenters. The van der Waals surface area contributed by atoms with E-state index in [-0.39, 0.29) is 12.1 Å². The molecule has 0 bridgehead atoms. The van der Waals surface area contributed by atoms with Crippen LogP contribution in [0.15, 0.2) is 60.7 Å². The van der Waals surface area contributed by atoms with Gasteiger partial charge in [-0.15, -0.1) is 0 Å². The Morgan fingerprint density at radius 2 is 1.62 bits per heavy atom. The van der Waals surface area contributed by atoms with E-state index in [1.807, 2.05) is 67.7 Å². The Morgan fingerprint density at radius 3 is 2.24 bits per heavy atom. The van der Waals surface area contributed by atoms with Gasteiger partial charge in [-0.25, -0.2) is 0 Å². The Balaban J connectivity index is 1.95. The number of likely N-dealkylation sites (N-methyl/N-ethyl adjacent to an activating group) is 1. The summed E-state index contributed by atoms with van der Waals surface area (Å²) in [5, 5.41) is 11.0. The van der Waals surface area contributed by atoms with Crippen molar-refractivity contribution in [3.05, 3.63) is 71.8 Å². The molecule has 21 heavy (non-hydrogen) atoms. The zero-order valence-corrected chi connectivity index (χ0v) is 12.4. The van der Waals surface area contributed by atoms with Crippen molar-refractivity contribution in [1.82, 2.24) is 4.90 Å². The fraction of sp³-hybridized carbons (Fsp3) is 0.333. The minimum Gasteiger partial charge on any atom is -0.361 e. The lowest BCUT2D eigenvalue weighted by Crippen LogP contribution is -2.53. The molecular formula is C18H21NO2. The first-order valence-electron chi connectivity index (χ1n) is 7.31. The van der Waals surface area contributed by atoms with E-state index in [1.54, 1.807) is 0 Å². The van der Waals surface area contributed by atoms with Crippen LogP contribution in [0.5, 0.6) is 0 Å². The molecule has 0 spiro atoms. The van der Waals surface area contributed by atoms with Crippen LogP contribution in [0.2, 0.25) is 0 Å². The zero-order valence-electron chi connectivity index (χ0n) is 12.4. The van der Waals surface area contributed by atoms with Gasteiger partial charge in [-0.1, -0.05) is 60.7 Å². The van der Waals surface area contributed by atoms with E-state index in [2.05, 4.69) is 11.8 Å². The highest BCUT2D eigenvalue weighted by atomic mass is 16.6. The van der Waals surface area contributed by atoms with Gasteiger partial charge in [-0.2, -0.15) is 0 Å². The quantitative estimate of drug-likeness (QED) is 0.920. The molecular weight excluding hydrogens is 262 g/mol. The highest BCUT2D eigenvalue weighted by Gasteiger charge is 2.43.